The Kier molecular flexibility index (Phi) is 6.13. The average molecular weight is 324 g/mol. The number of carbonyl (C=O) groups is 2. The third-order valence-corrected chi connectivity index (χ3v) is 3.95. The van der Waals surface area contributed by atoms with E-state index in [1.165, 1.54) is 12.5 Å². The molecule has 0 bridgehead atoms. The number of anilines is 1. The van der Waals surface area contributed by atoms with Crippen molar-refractivity contribution in [3.05, 3.63) is 65.2 Å². The zero-order valence-electron chi connectivity index (χ0n) is 14.5. The number of nitrogens with one attached hydrogen (secondary N) is 1. The molecule has 0 heterocycles. The second-order valence-electron chi connectivity index (χ2n) is 5.92. The van der Waals surface area contributed by atoms with Crippen LogP contribution in [-0.2, 0) is 22.6 Å². The van der Waals surface area contributed by atoms with E-state index < -0.39 is 0 Å². The summed E-state index contributed by atoms with van der Waals surface area (Å²) in [6, 6.07) is 15.7. The van der Waals surface area contributed by atoms with E-state index in [1.54, 1.807) is 4.90 Å². The third kappa shape index (κ3) is 4.95. The SMILES string of the molecule is CCc1ccccc1NC(=O)CN(Cc1ccc(C)cc1)C(C)=O. The van der Waals surface area contributed by atoms with Crippen LogP contribution in [0.5, 0.6) is 0 Å². The highest BCUT2D eigenvalue weighted by atomic mass is 16.2. The minimum Gasteiger partial charge on any atom is -0.329 e. The Morgan fingerprint density at radius 2 is 1.71 bits per heavy atom. The van der Waals surface area contributed by atoms with Crippen LogP contribution in [0.3, 0.4) is 0 Å². The molecule has 0 unspecified atom stereocenters. The van der Waals surface area contributed by atoms with Gasteiger partial charge in [-0.1, -0.05) is 55.0 Å². The second-order valence-corrected chi connectivity index (χ2v) is 5.92. The fourth-order valence-corrected chi connectivity index (χ4v) is 2.51. The molecule has 4 heteroatoms. The van der Waals surface area contributed by atoms with Crippen LogP contribution in [-0.4, -0.2) is 23.3 Å². The first-order valence-electron chi connectivity index (χ1n) is 8.18. The van der Waals surface area contributed by atoms with Crippen molar-refractivity contribution in [1.29, 1.82) is 0 Å². The fraction of sp³-hybridized carbons (Fsp3) is 0.300. The zero-order valence-corrected chi connectivity index (χ0v) is 14.5. The standard InChI is InChI=1S/C20H24N2O2/c1-4-18-7-5-6-8-19(18)21-20(24)14-22(16(3)23)13-17-11-9-15(2)10-12-17/h5-12H,4,13-14H2,1-3H3,(H,21,24). The molecule has 1 N–H and O–H groups in total. The van der Waals surface area contributed by atoms with Crippen molar-refractivity contribution in [1.82, 2.24) is 4.90 Å². The summed E-state index contributed by atoms with van der Waals surface area (Å²) in [5.74, 6) is -0.298. The van der Waals surface area contributed by atoms with E-state index >= 15 is 0 Å². The van der Waals surface area contributed by atoms with Gasteiger partial charge in [-0.15, -0.1) is 0 Å². The van der Waals surface area contributed by atoms with E-state index in [-0.39, 0.29) is 18.4 Å². The Hall–Kier alpha value is -2.62. The summed E-state index contributed by atoms with van der Waals surface area (Å²) in [5.41, 5.74) is 4.07. The van der Waals surface area contributed by atoms with E-state index in [0.717, 1.165) is 23.2 Å². The van der Waals surface area contributed by atoms with Crippen molar-refractivity contribution < 1.29 is 9.59 Å². The van der Waals surface area contributed by atoms with Gasteiger partial charge >= 0.3 is 0 Å². The largest absolute Gasteiger partial charge is 0.329 e. The summed E-state index contributed by atoms with van der Waals surface area (Å²) in [6.07, 6.45) is 0.843. The van der Waals surface area contributed by atoms with Gasteiger partial charge in [0.2, 0.25) is 11.8 Å². The van der Waals surface area contributed by atoms with E-state index in [9.17, 15) is 9.59 Å². The summed E-state index contributed by atoms with van der Waals surface area (Å²) >= 11 is 0. The van der Waals surface area contributed by atoms with E-state index in [4.69, 9.17) is 0 Å². The monoisotopic (exact) mass is 324 g/mol. The molecule has 2 rings (SSSR count). The minimum absolute atomic E-state index is 0.0429. The molecule has 0 aromatic heterocycles. The van der Waals surface area contributed by atoms with Crippen LogP contribution in [0, 0.1) is 6.92 Å². The number of nitrogens with zero attached hydrogens (tertiary/aromatic N) is 1. The number of hydrogen-bond donors (Lipinski definition) is 1. The average Bonchev–Trinajstić information content (AvgIpc) is 2.56. The lowest BCUT2D eigenvalue weighted by molar-refractivity contribution is -0.133. The molecular formula is C20H24N2O2. The normalized spacial score (nSPS) is 10.3. The van der Waals surface area contributed by atoms with Gasteiger partial charge in [0.15, 0.2) is 0 Å². The summed E-state index contributed by atoms with van der Waals surface area (Å²) in [4.78, 5) is 25.8. The van der Waals surface area contributed by atoms with Crippen LogP contribution >= 0.6 is 0 Å². The lowest BCUT2D eigenvalue weighted by Crippen LogP contribution is -2.36. The first-order valence-corrected chi connectivity index (χ1v) is 8.18. The molecule has 0 aliphatic heterocycles. The highest BCUT2D eigenvalue weighted by Crippen LogP contribution is 2.15. The van der Waals surface area contributed by atoms with Gasteiger partial charge in [-0.05, 0) is 30.5 Å². The molecule has 126 valence electrons. The number of rotatable bonds is 6. The Bertz CT molecular complexity index is 708. The van der Waals surface area contributed by atoms with Crippen LogP contribution in [0.1, 0.15) is 30.5 Å². The van der Waals surface area contributed by atoms with E-state index in [2.05, 4.69) is 5.32 Å². The maximum absolute atomic E-state index is 12.3. The van der Waals surface area contributed by atoms with Crippen molar-refractivity contribution >= 4 is 17.5 Å². The summed E-state index contributed by atoms with van der Waals surface area (Å²) in [5, 5.41) is 2.91. The number of hydrogen-bond acceptors (Lipinski definition) is 2. The number of benzene rings is 2. The predicted octanol–water partition coefficient (Wildman–Crippen LogP) is 3.54. The van der Waals surface area contributed by atoms with Gasteiger partial charge in [-0.3, -0.25) is 9.59 Å². The zero-order chi connectivity index (χ0) is 17.5. The first-order chi connectivity index (χ1) is 11.5. The molecule has 2 aromatic rings. The Balaban J connectivity index is 2.03. The Morgan fingerprint density at radius 3 is 2.33 bits per heavy atom. The van der Waals surface area contributed by atoms with Gasteiger partial charge in [0.25, 0.3) is 0 Å². The minimum atomic E-state index is -0.182. The van der Waals surface area contributed by atoms with Crippen LogP contribution in [0.15, 0.2) is 48.5 Å². The van der Waals surface area contributed by atoms with Gasteiger partial charge in [-0.25, -0.2) is 0 Å². The number of para-hydroxylation sites is 1. The molecule has 0 saturated heterocycles. The van der Waals surface area contributed by atoms with Gasteiger partial charge in [0.05, 0.1) is 0 Å². The maximum atomic E-state index is 12.3. The molecular weight excluding hydrogens is 300 g/mol. The third-order valence-electron chi connectivity index (χ3n) is 3.95. The number of carbonyl (C=O) groups excluding carboxylic acids is 2. The highest BCUT2D eigenvalue weighted by molar-refractivity contribution is 5.94. The molecule has 0 aliphatic rings. The van der Waals surface area contributed by atoms with Gasteiger partial charge in [0, 0.05) is 19.2 Å². The summed E-state index contributed by atoms with van der Waals surface area (Å²) < 4.78 is 0. The lowest BCUT2D eigenvalue weighted by Gasteiger charge is -2.21. The number of amides is 2. The molecule has 0 fully saturated rings. The first kappa shape index (κ1) is 17.7. The Morgan fingerprint density at radius 1 is 1.04 bits per heavy atom. The van der Waals surface area contributed by atoms with Crippen LogP contribution in [0.4, 0.5) is 5.69 Å². The molecule has 4 nitrogen and oxygen atoms in total. The molecule has 0 spiro atoms. The van der Waals surface area contributed by atoms with Crippen LogP contribution in [0.2, 0.25) is 0 Å². The van der Waals surface area contributed by atoms with Crippen molar-refractivity contribution in [2.75, 3.05) is 11.9 Å². The molecule has 0 atom stereocenters. The van der Waals surface area contributed by atoms with Crippen LogP contribution in [0.25, 0.3) is 0 Å². The van der Waals surface area contributed by atoms with Gasteiger partial charge in [0.1, 0.15) is 6.54 Å². The molecule has 0 aliphatic carbocycles. The lowest BCUT2D eigenvalue weighted by atomic mass is 10.1. The summed E-state index contributed by atoms with van der Waals surface area (Å²) in [7, 11) is 0. The second kappa shape index (κ2) is 8.29. The fourth-order valence-electron chi connectivity index (χ4n) is 2.51. The van der Waals surface area contributed by atoms with Gasteiger partial charge in [-0.2, -0.15) is 0 Å². The van der Waals surface area contributed by atoms with E-state index in [1.807, 2.05) is 62.4 Å². The van der Waals surface area contributed by atoms with Crippen molar-refractivity contribution in [2.45, 2.75) is 33.7 Å². The van der Waals surface area contributed by atoms with E-state index in [0.29, 0.717) is 6.54 Å². The van der Waals surface area contributed by atoms with Gasteiger partial charge < -0.3 is 10.2 Å². The molecule has 0 saturated carbocycles. The molecule has 2 amide bonds. The highest BCUT2D eigenvalue weighted by Gasteiger charge is 2.15. The Labute approximate surface area is 143 Å². The molecule has 0 radical (unpaired) electrons. The van der Waals surface area contributed by atoms with Crippen molar-refractivity contribution in [2.24, 2.45) is 0 Å². The quantitative estimate of drug-likeness (QED) is 0.883. The van der Waals surface area contributed by atoms with Crippen molar-refractivity contribution in [3.8, 4) is 0 Å². The summed E-state index contributed by atoms with van der Waals surface area (Å²) in [6.45, 7) is 6.02. The number of aryl methyl sites for hydroxylation is 2. The predicted molar refractivity (Wildman–Crippen MR) is 96.7 cm³/mol. The van der Waals surface area contributed by atoms with Crippen molar-refractivity contribution in [3.63, 3.8) is 0 Å². The van der Waals surface area contributed by atoms with Crippen LogP contribution < -0.4 is 5.32 Å². The smallest absolute Gasteiger partial charge is 0.244 e. The topological polar surface area (TPSA) is 49.4 Å². The molecule has 2 aromatic carbocycles. The maximum Gasteiger partial charge on any atom is 0.244 e. The molecule has 24 heavy (non-hydrogen) atoms.